The molecule has 2 aromatic heterocycles. The summed E-state index contributed by atoms with van der Waals surface area (Å²) in [5.74, 6) is 0.717. The Hall–Kier alpha value is -2.07. The molecule has 0 N–H and O–H groups in total. The molecule has 4 rings (SSSR count). The molecule has 0 aliphatic carbocycles. The maximum Gasteiger partial charge on any atom is 0.204 e. The molecule has 1 aliphatic rings. The van der Waals surface area contributed by atoms with Gasteiger partial charge in [-0.1, -0.05) is 29.8 Å². The third kappa shape index (κ3) is 2.68. The van der Waals surface area contributed by atoms with Gasteiger partial charge in [0.25, 0.3) is 0 Å². The Morgan fingerprint density at radius 1 is 1.13 bits per heavy atom. The molecule has 3 heterocycles. The molecule has 0 atom stereocenters. The zero-order valence-corrected chi connectivity index (χ0v) is 14.0. The van der Waals surface area contributed by atoms with Crippen LogP contribution in [0.15, 0.2) is 44.9 Å². The predicted octanol–water partition coefficient (Wildman–Crippen LogP) is 4.82. The number of hydrogen-bond acceptors (Lipinski definition) is 4. The van der Waals surface area contributed by atoms with E-state index in [1.54, 1.807) is 6.07 Å². The number of fused-ring (bicyclic) bond motifs is 1. The van der Waals surface area contributed by atoms with Gasteiger partial charge in [0.1, 0.15) is 4.70 Å². The average Bonchev–Trinajstić information content (AvgIpc) is 3.00. The first-order valence-electron chi connectivity index (χ1n) is 8.10. The van der Waals surface area contributed by atoms with Gasteiger partial charge in [0, 0.05) is 30.1 Å². The van der Waals surface area contributed by atoms with Crippen LogP contribution in [-0.4, -0.2) is 13.1 Å². The number of piperidine rings is 1. The summed E-state index contributed by atoms with van der Waals surface area (Å²) in [6.45, 7) is 4.02. The van der Waals surface area contributed by atoms with Gasteiger partial charge in [-0.2, -0.15) is 0 Å². The fraction of sp³-hybridized carbons (Fsp3) is 0.316. The number of aryl methyl sites for hydroxylation is 1. The lowest BCUT2D eigenvalue weighted by atomic mass is 10.1. The van der Waals surface area contributed by atoms with Crippen molar-refractivity contribution in [1.82, 2.24) is 0 Å². The monoisotopic (exact) mass is 325 g/mol. The van der Waals surface area contributed by atoms with Crippen LogP contribution in [0.4, 0.5) is 5.88 Å². The third-order valence-electron chi connectivity index (χ3n) is 4.43. The van der Waals surface area contributed by atoms with E-state index in [2.05, 4.69) is 30.0 Å². The van der Waals surface area contributed by atoms with Crippen LogP contribution in [0.3, 0.4) is 0 Å². The molecule has 0 unspecified atom stereocenters. The molecule has 4 heteroatoms. The second-order valence-electron chi connectivity index (χ2n) is 6.17. The van der Waals surface area contributed by atoms with Gasteiger partial charge >= 0.3 is 0 Å². The van der Waals surface area contributed by atoms with Crippen LogP contribution in [0.1, 0.15) is 24.8 Å². The second-order valence-corrected chi connectivity index (χ2v) is 7.05. The molecule has 1 aliphatic heterocycles. The molecule has 1 fully saturated rings. The number of benzene rings is 1. The zero-order chi connectivity index (χ0) is 15.8. The van der Waals surface area contributed by atoms with E-state index < -0.39 is 0 Å². The normalized spacial score (nSPS) is 15.3. The van der Waals surface area contributed by atoms with Crippen molar-refractivity contribution in [3.8, 4) is 11.1 Å². The summed E-state index contributed by atoms with van der Waals surface area (Å²) in [5, 5.41) is 2.03. The van der Waals surface area contributed by atoms with E-state index in [9.17, 15) is 4.79 Å². The smallest absolute Gasteiger partial charge is 0.204 e. The molecule has 3 aromatic rings. The van der Waals surface area contributed by atoms with Gasteiger partial charge in [-0.15, -0.1) is 11.3 Å². The SMILES string of the molecule is Cc1cccc(-c2csc3c(=O)cc(N4CCCCC4)oc23)c1. The summed E-state index contributed by atoms with van der Waals surface area (Å²) < 4.78 is 6.89. The fourth-order valence-electron chi connectivity index (χ4n) is 3.21. The highest BCUT2D eigenvalue weighted by Crippen LogP contribution is 2.35. The standard InChI is InChI=1S/C19H19NO2S/c1-13-6-5-7-14(10-13)15-12-23-19-16(21)11-17(22-18(15)19)20-8-3-2-4-9-20/h5-7,10-12H,2-4,8-9H2,1H3. The van der Waals surface area contributed by atoms with Crippen LogP contribution in [-0.2, 0) is 0 Å². The Morgan fingerprint density at radius 3 is 2.74 bits per heavy atom. The average molecular weight is 325 g/mol. The van der Waals surface area contributed by atoms with Crippen LogP contribution in [0.5, 0.6) is 0 Å². The molecule has 23 heavy (non-hydrogen) atoms. The lowest BCUT2D eigenvalue weighted by molar-refractivity contribution is 0.513. The molecular formula is C19H19NO2S. The third-order valence-corrected chi connectivity index (χ3v) is 5.40. The van der Waals surface area contributed by atoms with Crippen molar-refractivity contribution in [2.45, 2.75) is 26.2 Å². The van der Waals surface area contributed by atoms with Crippen molar-refractivity contribution in [2.75, 3.05) is 18.0 Å². The minimum Gasteiger partial charge on any atom is -0.439 e. The largest absolute Gasteiger partial charge is 0.439 e. The molecular weight excluding hydrogens is 306 g/mol. The molecule has 0 radical (unpaired) electrons. The number of nitrogens with zero attached hydrogens (tertiary/aromatic N) is 1. The summed E-state index contributed by atoms with van der Waals surface area (Å²) in [7, 11) is 0. The van der Waals surface area contributed by atoms with E-state index in [0.717, 1.165) is 48.5 Å². The van der Waals surface area contributed by atoms with E-state index in [-0.39, 0.29) is 5.43 Å². The van der Waals surface area contributed by atoms with Crippen molar-refractivity contribution in [1.29, 1.82) is 0 Å². The van der Waals surface area contributed by atoms with E-state index in [1.165, 1.54) is 23.3 Å². The Balaban J connectivity index is 1.86. The number of anilines is 1. The molecule has 0 bridgehead atoms. The van der Waals surface area contributed by atoms with Crippen molar-refractivity contribution < 1.29 is 4.42 Å². The van der Waals surface area contributed by atoms with Crippen molar-refractivity contribution in [3.05, 3.63) is 51.5 Å². The van der Waals surface area contributed by atoms with Crippen LogP contribution in [0.25, 0.3) is 21.4 Å². The predicted molar refractivity (Wildman–Crippen MR) is 96.6 cm³/mol. The highest BCUT2D eigenvalue weighted by Gasteiger charge is 2.18. The summed E-state index contributed by atoms with van der Waals surface area (Å²) in [4.78, 5) is 14.7. The first-order chi connectivity index (χ1) is 11.2. The Bertz CT molecular complexity index is 903. The van der Waals surface area contributed by atoms with Crippen molar-refractivity contribution in [3.63, 3.8) is 0 Å². The lowest BCUT2D eigenvalue weighted by Crippen LogP contribution is -2.29. The first-order valence-corrected chi connectivity index (χ1v) is 8.98. The molecule has 118 valence electrons. The lowest BCUT2D eigenvalue weighted by Gasteiger charge is -2.26. The summed E-state index contributed by atoms with van der Waals surface area (Å²) in [5.41, 5.74) is 4.13. The number of hydrogen-bond donors (Lipinski definition) is 0. The van der Waals surface area contributed by atoms with E-state index in [1.807, 2.05) is 11.4 Å². The highest BCUT2D eigenvalue weighted by molar-refractivity contribution is 7.17. The highest BCUT2D eigenvalue weighted by atomic mass is 32.1. The maximum atomic E-state index is 12.5. The van der Waals surface area contributed by atoms with Crippen LogP contribution >= 0.6 is 11.3 Å². The summed E-state index contributed by atoms with van der Waals surface area (Å²) in [6.07, 6.45) is 3.59. The minimum absolute atomic E-state index is 0.0655. The second kappa shape index (κ2) is 5.85. The fourth-order valence-corrected chi connectivity index (χ4v) is 4.12. The first kappa shape index (κ1) is 14.5. The zero-order valence-electron chi connectivity index (χ0n) is 13.2. The van der Waals surface area contributed by atoms with E-state index in [0.29, 0.717) is 4.70 Å². The molecule has 3 nitrogen and oxygen atoms in total. The number of rotatable bonds is 2. The van der Waals surface area contributed by atoms with Crippen molar-refractivity contribution >= 4 is 27.5 Å². The van der Waals surface area contributed by atoms with Gasteiger partial charge in [0.05, 0.1) is 0 Å². The molecule has 1 saturated heterocycles. The van der Waals surface area contributed by atoms with Crippen molar-refractivity contribution in [2.24, 2.45) is 0 Å². The van der Waals surface area contributed by atoms with Gasteiger partial charge in [0.15, 0.2) is 11.5 Å². The van der Waals surface area contributed by atoms with E-state index >= 15 is 0 Å². The van der Waals surface area contributed by atoms with Gasteiger partial charge in [-0.25, -0.2) is 0 Å². The maximum absolute atomic E-state index is 12.5. The van der Waals surface area contributed by atoms with Crippen LogP contribution in [0, 0.1) is 6.92 Å². The molecule has 0 spiro atoms. The van der Waals surface area contributed by atoms with Gasteiger partial charge < -0.3 is 9.32 Å². The van der Waals surface area contributed by atoms with Gasteiger partial charge in [0.2, 0.25) is 5.43 Å². The van der Waals surface area contributed by atoms with Gasteiger partial charge in [-0.3, -0.25) is 4.79 Å². The topological polar surface area (TPSA) is 33.5 Å². The minimum atomic E-state index is 0.0655. The Morgan fingerprint density at radius 2 is 1.96 bits per heavy atom. The van der Waals surface area contributed by atoms with Crippen LogP contribution < -0.4 is 10.3 Å². The quantitative estimate of drug-likeness (QED) is 0.677. The number of thiophene rings is 1. The summed E-state index contributed by atoms with van der Waals surface area (Å²) in [6, 6.07) is 9.98. The van der Waals surface area contributed by atoms with E-state index in [4.69, 9.17) is 4.42 Å². The van der Waals surface area contributed by atoms with Crippen LogP contribution in [0.2, 0.25) is 0 Å². The Labute approximate surface area is 139 Å². The molecule has 0 saturated carbocycles. The Kier molecular flexibility index (Phi) is 3.69. The van der Waals surface area contributed by atoms with Gasteiger partial charge in [-0.05, 0) is 31.7 Å². The molecule has 1 aromatic carbocycles. The molecule has 0 amide bonds. The summed E-state index contributed by atoms with van der Waals surface area (Å²) >= 11 is 1.47.